The van der Waals surface area contributed by atoms with Gasteiger partial charge in [-0.1, -0.05) is 12.1 Å². The molecule has 1 atom stereocenters. The Hall–Kier alpha value is -1.87. The van der Waals surface area contributed by atoms with E-state index in [1.807, 2.05) is 36.4 Å². The minimum Gasteiger partial charge on any atom is -0.497 e. The third-order valence-corrected chi connectivity index (χ3v) is 2.83. The SMILES string of the molecule is COc1cccc(CC(O)Cc2ccncc2)c1. The fraction of sp³-hybridized carbons (Fsp3) is 0.267. The van der Waals surface area contributed by atoms with Gasteiger partial charge in [-0.25, -0.2) is 0 Å². The maximum absolute atomic E-state index is 10.1. The first-order valence-corrected chi connectivity index (χ1v) is 5.98. The van der Waals surface area contributed by atoms with Crippen molar-refractivity contribution < 1.29 is 9.84 Å². The molecule has 2 rings (SSSR count). The highest BCUT2D eigenvalue weighted by molar-refractivity contribution is 5.29. The van der Waals surface area contributed by atoms with Gasteiger partial charge in [0.05, 0.1) is 13.2 Å². The Labute approximate surface area is 107 Å². The Morgan fingerprint density at radius 1 is 1.11 bits per heavy atom. The van der Waals surface area contributed by atoms with Crippen molar-refractivity contribution in [1.29, 1.82) is 0 Å². The van der Waals surface area contributed by atoms with Crippen LogP contribution in [0.3, 0.4) is 0 Å². The molecule has 3 heteroatoms. The number of aromatic nitrogens is 1. The van der Waals surface area contributed by atoms with E-state index in [4.69, 9.17) is 4.74 Å². The molecule has 0 spiro atoms. The van der Waals surface area contributed by atoms with Crippen LogP contribution in [-0.2, 0) is 12.8 Å². The summed E-state index contributed by atoms with van der Waals surface area (Å²) in [5, 5.41) is 10.1. The molecule has 0 aliphatic rings. The number of pyridine rings is 1. The van der Waals surface area contributed by atoms with Crippen LogP contribution in [0.15, 0.2) is 48.8 Å². The zero-order valence-corrected chi connectivity index (χ0v) is 10.4. The van der Waals surface area contributed by atoms with Crippen molar-refractivity contribution >= 4 is 0 Å². The Morgan fingerprint density at radius 3 is 2.56 bits per heavy atom. The van der Waals surface area contributed by atoms with E-state index < -0.39 is 0 Å². The third kappa shape index (κ3) is 3.57. The van der Waals surface area contributed by atoms with Crippen molar-refractivity contribution in [1.82, 2.24) is 4.98 Å². The lowest BCUT2D eigenvalue weighted by atomic mass is 10.0. The Morgan fingerprint density at radius 2 is 1.83 bits per heavy atom. The van der Waals surface area contributed by atoms with Crippen LogP contribution in [0.2, 0.25) is 0 Å². The maximum atomic E-state index is 10.1. The van der Waals surface area contributed by atoms with Crippen molar-refractivity contribution in [3.8, 4) is 5.75 Å². The van der Waals surface area contributed by atoms with Gasteiger partial charge in [0.2, 0.25) is 0 Å². The largest absolute Gasteiger partial charge is 0.497 e. The number of aliphatic hydroxyl groups is 1. The minimum absolute atomic E-state index is 0.389. The van der Waals surface area contributed by atoms with Crippen LogP contribution >= 0.6 is 0 Å². The van der Waals surface area contributed by atoms with Gasteiger partial charge in [0.25, 0.3) is 0 Å². The molecule has 1 aromatic carbocycles. The van der Waals surface area contributed by atoms with E-state index >= 15 is 0 Å². The first kappa shape index (κ1) is 12.6. The van der Waals surface area contributed by atoms with Gasteiger partial charge in [0.1, 0.15) is 5.75 Å². The van der Waals surface area contributed by atoms with E-state index in [0.717, 1.165) is 16.9 Å². The molecule has 94 valence electrons. The Kier molecular flexibility index (Phi) is 4.31. The molecular weight excluding hydrogens is 226 g/mol. The topological polar surface area (TPSA) is 42.4 Å². The molecule has 0 aliphatic heterocycles. The van der Waals surface area contributed by atoms with E-state index in [-0.39, 0.29) is 6.10 Å². The summed E-state index contributed by atoms with van der Waals surface area (Å²) in [5.41, 5.74) is 2.18. The number of nitrogens with zero attached hydrogens (tertiary/aromatic N) is 1. The fourth-order valence-electron chi connectivity index (χ4n) is 1.93. The fourth-order valence-corrected chi connectivity index (χ4v) is 1.93. The first-order valence-electron chi connectivity index (χ1n) is 5.98. The van der Waals surface area contributed by atoms with Crippen LogP contribution in [0.4, 0.5) is 0 Å². The van der Waals surface area contributed by atoms with E-state index in [1.54, 1.807) is 19.5 Å². The van der Waals surface area contributed by atoms with E-state index in [1.165, 1.54) is 0 Å². The molecule has 0 fully saturated rings. The zero-order chi connectivity index (χ0) is 12.8. The zero-order valence-electron chi connectivity index (χ0n) is 10.4. The van der Waals surface area contributed by atoms with Gasteiger partial charge in [-0.2, -0.15) is 0 Å². The monoisotopic (exact) mass is 243 g/mol. The molecule has 2 aromatic rings. The van der Waals surface area contributed by atoms with Crippen molar-refractivity contribution in [3.63, 3.8) is 0 Å². The maximum Gasteiger partial charge on any atom is 0.119 e. The molecule has 0 saturated heterocycles. The lowest BCUT2D eigenvalue weighted by Gasteiger charge is -2.11. The number of ether oxygens (including phenoxy) is 1. The van der Waals surface area contributed by atoms with Crippen LogP contribution < -0.4 is 4.74 Å². The molecule has 0 amide bonds. The highest BCUT2D eigenvalue weighted by Crippen LogP contribution is 2.15. The molecule has 3 nitrogen and oxygen atoms in total. The second-order valence-corrected chi connectivity index (χ2v) is 4.27. The van der Waals surface area contributed by atoms with Crippen molar-refractivity contribution in [2.45, 2.75) is 18.9 Å². The third-order valence-electron chi connectivity index (χ3n) is 2.83. The summed E-state index contributed by atoms with van der Waals surface area (Å²) in [6, 6.07) is 11.6. The van der Waals surface area contributed by atoms with Gasteiger partial charge in [-0.15, -0.1) is 0 Å². The molecule has 0 aliphatic carbocycles. The van der Waals surface area contributed by atoms with Gasteiger partial charge < -0.3 is 9.84 Å². The normalized spacial score (nSPS) is 12.1. The average molecular weight is 243 g/mol. The van der Waals surface area contributed by atoms with Gasteiger partial charge >= 0.3 is 0 Å². The van der Waals surface area contributed by atoms with Crippen molar-refractivity contribution in [3.05, 3.63) is 59.9 Å². The summed E-state index contributed by atoms with van der Waals surface area (Å²) in [7, 11) is 1.65. The van der Waals surface area contributed by atoms with E-state index in [2.05, 4.69) is 4.98 Å². The quantitative estimate of drug-likeness (QED) is 0.875. The standard InChI is InChI=1S/C15H17NO2/c1-18-15-4-2-3-13(11-15)10-14(17)9-12-5-7-16-8-6-12/h2-8,11,14,17H,9-10H2,1H3. The van der Waals surface area contributed by atoms with Crippen LogP contribution in [-0.4, -0.2) is 23.3 Å². The molecule has 18 heavy (non-hydrogen) atoms. The lowest BCUT2D eigenvalue weighted by Crippen LogP contribution is -2.13. The summed E-state index contributed by atoms with van der Waals surface area (Å²) in [4.78, 5) is 3.96. The Bertz CT molecular complexity index is 485. The first-order chi connectivity index (χ1) is 8.78. The van der Waals surface area contributed by atoms with Gasteiger partial charge in [-0.3, -0.25) is 4.98 Å². The van der Waals surface area contributed by atoms with Crippen LogP contribution in [0.5, 0.6) is 5.75 Å². The predicted octanol–water partition coefficient (Wildman–Crippen LogP) is 2.24. The van der Waals surface area contributed by atoms with E-state index in [9.17, 15) is 5.11 Å². The molecule has 0 bridgehead atoms. The summed E-state index contributed by atoms with van der Waals surface area (Å²) in [6.45, 7) is 0. The van der Waals surface area contributed by atoms with Crippen molar-refractivity contribution in [2.75, 3.05) is 7.11 Å². The number of hydrogen-bond donors (Lipinski definition) is 1. The van der Waals surface area contributed by atoms with Crippen LogP contribution in [0, 0.1) is 0 Å². The second kappa shape index (κ2) is 6.17. The number of aliphatic hydroxyl groups excluding tert-OH is 1. The molecule has 1 unspecified atom stereocenters. The lowest BCUT2D eigenvalue weighted by molar-refractivity contribution is 0.175. The van der Waals surface area contributed by atoms with Gasteiger partial charge in [0.15, 0.2) is 0 Å². The summed E-state index contributed by atoms with van der Waals surface area (Å²) < 4.78 is 5.16. The number of methoxy groups -OCH3 is 1. The summed E-state index contributed by atoms with van der Waals surface area (Å²) in [6.07, 6.45) is 4.36. The highest BCUT2D eigenvalue weighted by atomic mass is 16.5. The highest BCUT2D eigenvalue weighted by Gasteiger charge is 2.07. The number of benzene rings is 1. The predicted molar refractivity (Wildman–Crippen MR) is 70.6 cm³/mol. The second-order valence-electron chi connectivity index (χ2n) is 4.27. The average Bonchev–Trinajstić information content (AvgIpc) is 2.40. The molecule has 0 saturated carbocycles. The van der Waals surface area contributed by atoms with Crippen LogP contribution in [0.1, 0.15) is 11.1 Å². The molecule has 0 radical (unpaired) electrons. The molecule has 1 N–H and O–H groups in total. The molecular formula is C15H17NO2. The minimum atomic E-state index is -0.389. The van der Waals surface area contributed by atoms with Gasteiger partial charge in [-0.05, 0) is 48.2 Å². The smallest absolute Gasteiger partial charge is 0.119 e. The molecule has 1 aromatic heterocycles. The molecule has 1 heterocycles. The summed E-state index contributed by atoms with van der Waals surface area (Å²) >= 11 is 0. The number of hydrogen-bond acceptors (Lipinski definition) is 3. The summed E-state index contributed by atoms with van der Waals surface area (Å²) in [5.74, 6) is 0.823. The van der Waals surface area contributed by atoms with Gasteiger partial charge in [0, 0.05) is 12.4 Å². The Balaban J connectivity index is 1.96. The van der Waals surface area contributed by atoms with E-state index in [0.29, 0.717) is 12.8 Å². The van der Waals surface area contributed by atoms with Crippen molar-refractivity contribution in [2.24, 2.45) is 0 Å². The number of rotatable bonds is 5. The van der Waals surface area contributed by atoms with Crippen LogP contribution in [0.25, 0.3) is 0 Å².